The Morgan fingerprint density at radius 1 is 1.14 bits per heavy atom. The van der Waals surface area contributed by atoms with Gasteiger partial charge in [-0.15, -0.1) is 0 Å². The van der Waals surface area contributed by atoms with Crippen molar-refractivity contribution in [3.63, 3.8) is 0 Å². The monoisotopic (exact) mass is 284 g/mol. The van der Waals surface area contributed by atoms with Crippen molar-refractivity contribution < 1.29 is 9.18 Å². The maximum Gasteiger partial charge on any atom is 0.249 e. The molecule has 2 aromatic carbocycles. The lowest BCUT2D eigenvalue weighted by Gasteiger charge is -2.35. The second-order valence-corrected chi connectivity index (χ2v) is 5.17. The smallest absolute Gasteiger partial charge is 0.249 e. The van der Waals surface area contributed by atoms with Gasteiger partial charge in [0.1, 0.15) is 11.9 Å². The zero-order valence-corrected chi connectivity index (χ0v) is 11.8. The number of hydrogen-bond acceptors (Lipinski definition) is 2. The maximum atomic E-state index is 13.0. The minimum absolute atomic E-state index is 0.0560. The van der Waals surface area contributed by atoms with E-state index in [1.54, 1.807) is 17.0 Å². The van der Waals surface area contributed by atoms with Gasteiger partial charge in [-0.2, -0.15) is 0 Å². The van der Waals surface area contributed by atoms with Crippen molar-refractivity contribution in [1.29, 1.82) is 0 Å². The Hall–Kier alpha value is -2.36. The molecule has 1 heterocycles. The third-order valence-electron chi connectivity index (χ3n) is 3.75. The van der Waals surface area contributed by atoms with E-state index in [0.29, 0.717) is 6.54 Å². The average molecular weight is 284 g/mol. The summed E-state index contributed by atoms with van der Waals surface area (Å²) in [7, 11) is 0. The van der Waals surface area contributed by atoms with Gasteiger partial charge in [0.2, 0.25) is 5.91 Å². The number of nitrogens with zero attached hydrogens (tertiary/aromatic N) is 1. The van der Waals surface area contributed by atoms with Crippen LogP contribution in [0.25, 0.3) is 0 Å². The molecule has 1 aliphatic heterocycles. The van der Waals surface area contributed by atoms with Crippen LogP contribution in [0, 0.1) is 5.82 Å². The van der Waals surface area contributed by atoms with Crippen molar-refractivity contribution in [1.82, 2.24) is 0 Å². The van der Waals surface area contributed by atoms with Gasteiger partial charge in [0.25, 0.3) is 0 Å². The molecule has 0 bridgehead atoms. The van der Waals surface area contributed by atoms with Crippen LogP contribution < -0.4 is 10.2 Å². The van der Waals surface area contributed by atoms with Crippen LogP contribution >= 0.6 is 0 Å². The Kier molecular flexibility index (Phi) is 3.60. The number of hydrogen-bond donors (Lipinski definition) is 1. The number of halogens is 1. The van der Waals surface area contributed by atoms with E-state index in [9.17, 15) is 9.18 Å². The molecular weight excluding hydrogens is 267 g/mol. The summed E-state index contributed by atoms with van der Waals surface area (Å²) in [5.41, 5.74) is 2.75. The fourth-order valence-corrected chi connectivity index (χ4v) is 2.60. The van der Waals surface area contributed by atoms with Gasteiger partial charge in [0, 0.05) is 0 Å². The molecule has 4 heteroatoms. The molecule has 0 aromatic heterocycles. The lowest BCUT2D eigenvalue weighted by atomic mass is 10.1. The first kappa shape index (κ1) is 13.6. The third kappa shape index (κ3) is 2.61. The van der Waals surface area contributed by atoms with Crippen molar-refractivity contribution in [2.75, 3.05) is 10.2 Å². The summed E-state index contributed by atoms with van der Waals surface area (Å²) >= 11 is 0. The molecule has 0 aliphatic carbocycles. The lowest BCUT2D eigenvalue weighted by Crippen LogP contribution is -2.46. The summed E-state index contributed by atoms with van der Waals surface area (Å²) in [6.07, 6.45) is 0.729. The van der Waals surface area contributed by atoms with Crippen molar-refractivity contribution >= 4 is 17.3 Å². The van der Waals surface area contributed by atoms with E-state index in [-0.39, 0.29) is 17.8 Å². The van der Waals surface area contributed by atoms with Gasteiger partial charge < -0.3 is 10.2 Å². The lowest BCUT2D eigenvalue weighted by molar-refractivity contribution is -0.119. The van der Waals surface area contributed by atoms with E-state index in [2.05, 4.69) is 5.32 Å². The summed E-state index contributed by atoms with van der Waals surface area (Å²) < 4.78 is 13.0. The largest absolute Gasteiger partial charge is 0.372 e. The molecule has 1 atom stereocenters. The first-order valence-electron chi connectivity index (χ1n) is 7.10. The number of nitrogens with one attached hydrogen (secondary N) is 1. The molecule has 2 aromatic rings. The fourth-order valence-electron chi connectivity index (χ4n) is 2.60. The van der Waals surface area contributed by atoms with Crippen LogP contribution in [0.15, 0.2) is 48.5 Å². The Morgan fingerprint density at radius 3 is 2.57 bits per heavy atom. The van der Waals surface area contributed by atoms with Gasteiger partial charge in [-0.3, -0.25) is 4.79 Å². The first-order chi connectivity index (χ1) is 10.2. The van der Waals surface area contributed by atoms with Gasteiger partial charge in [0.05, 0.1) is 17.9 Å². The highest BCUT2D eigenvalue weighted by Crippen LogP contribution is 2.33. The van der Waals surface area contributed by atoms with E-state index >= 15 is 0 Å². The minimum atomic E-state index is -0.266. The number of carbonyl (C=O) groups excluding carboxylic acids is 1. The predicted octanol–water partition coefficient (Wildman–Crippen LogP) is 3.56. The zero-order chi connectivity index (χ0) is 14.8. The highest BCUT2D eigenvalue weighted by atomic mass is 19.1. The highest BCUT2D eigenvalue weighted by Gasteiger charge is 2.30. The molecule has 1 N–H and O–H groups in total. The van der Waals surface area contributed by atoms with Crippen LogP contribution in [-0.4, -0.2) is 11.9 Å². The fraction of sp³-hybridized carbons (Fsp3) is 0.235. The molecule has 0 radical (unpaired) electrons. The third-order valence-corrected chi connectivity index (χ3v) is 3.75. The number of rotatable bonds is 3. The number of amides is 1. The molecule has 1 unspecified atom stereocenters. The molecule has 1 amide bonds. The van der Waals surface area contributed by atoms with E-state index < -0.39 is 0 Å². The molecule has 3 nitrogen and oxygen atoms in total. The van der Waals surface area contributed by atoms with E-state index in [1.807, 2.05) is 31.2 Å². The standard InChI is InChI=1S/C17H17FN2O/c1-2-14-17(21)20(11-12-7-9-13(18)10-8-12)16-6-4-3-5-15(16)19-14/h3-10,14,19H,2,11H2,1H3. The predicted molar refractivity (Wildman–Crippen MR) is 81.7 cm³/mol. The average Bonchev–Trinajstić information content (AvgIpc) is 2.51. The SMILES string of the molecule is CCC1Nc2ccccc2N(Cc2ccc(F)cc2)C1=O. The van der Waals surface area contributed by atoms with Crippen molar-refractivity contribution in [2.45, 2.75) is 25.9 Å². The molecule has 1 aliphatic rings. The normalized spacial score (nSPS) is 17.3. The van der Waals surface area contributed by atoms with Gasteiger partial charge in [-0.05, 0) is 36.2 Å². The van der Waals surface area contributed by atoms with Crippen LogP contribution in [0.3, 0.4) is 0 Å². The molecule has 108 valence electrons. The van der Waals surface area contributed by atoms with Gasteiger partial charge >= 0.3 is 0 Å². The van der Waals surface area contributed by atoms with E-state index in [0.717, 1.165) is 23.4 Å². The number of carbonyl (C=O) groups is 1. The summed E-state index contributed by atoms with van der Waals surface area (Å²) in [6, 6.07) is 13.8. The number of fused-ring (bicyclic) bond motifs is 1. The summed E-state index contributed by atoms with van der Waals surface area (Å²) in [5.74, 6) is -0.210. The van der Waals surface area contributed by atoms with Crippen LogP contribution in [-0.2, 0) is 11.3 Å². The van der Waals surface area contributed by atoms with Crippen molar-refractivity contribution in [2.24, 2.45) is 0 Å². The highest BCUT2D eigenvalue weighted by molar-refractivity contribution is 6.04. The molecule has 0 fully saturated rings. The molecule has 0 saturated carbocycles. The maximum absolute atomic E-state index is 13.0. The van der Waals surface area contributed by atoms with Crippen LogP contribution in [0.5, 0.6) is 0 Å². The molecule has 0 saturated heterocycles. The molecule has 21 heavy (non-hydrogen) atoms. The summed E-state index contributed by atoms with van der Waals surface area (Å²) in [6.45, 7) is 2.44. The van der Waals surface area contributed by atoms with Crippen molar-refractivity contribution in [3.8, 4) is 0 Å². The van der Waals surface area contributed by atoms with Crippen LogP contribution in [0.1, 0.15) is 18.9 Å². The van der Waals surface area contributed by atoms with Crippen LogP contribution in [0.2, 0.25) is 0 Å². The summed E-state index contributed by atoms with van der Waals surface area (Å²) in [5, 5.41) is 3.27. The molecule has 0 spiro atoms. The van der Waals surface area contributed by atoms with Crippen LogP contribution in [0.4, 0.5) is 15.8 Å². The second kappa shape index (κ2) is 5.56. The Labute approximate surface area is 123 Å². The van der Waals surface area contributed by atoms with Gasteiger partial charge in [-0.1, -0.05) is 31.2 Å². The quantitative estimate of drug-likeness (QED) is 0.934. The molecular formula is C17H17FN2O. The van der Waals surface area contributed by atoms with Crippen molar-refractivity contribution in [3.05, 3.63) is 59.9 Å². The van der Waals surface area contributed by atoms with E-state index in [4.69, 9.17) is 0 Å². The Balaban J connectivity index is 1.95. The minimum Gasteiger partial charge on any atom is -0.372 e. The van der Waals surface area contributed by atoms with Gasteiger partial charge in [0.15, 0.2) is 0 Å². The Bertz CT molecular complexity index is 654. The molecule has 3 rings (SSSR count). The van der Waals surface area contributed by atoms with E-state index in [1.165, 1.54) is 12.1 Å². The zero-order valence-electron chi connectivity index (χ0n) is 11.8. The number of benzene rings is 2. The Morgan fingerprint density at radius 2 is 1.86 bits per heavy atom. The van der Waals surface area contributed by atoms with Gasteiger partial charge in [-0.25, -0.2) is 4.39 Å². The second-order valence-electron chi connectivity index (χ2n) is 5.17. The number of para-hydroxylation sites is 2. The number of anilines is 2. The first-order valence-corrected chi connectivity index (χ1v) is 7.10. The topological polar surface area (TPSA) is 32.3 Å². The summed E-state index contributed by atoms with van der Waals surface area (Å²) in [4.78, 5) is 14.4.